The summed E-state index contributed by atoms with van der Waals surface area (Å²) in [5, 5.41) is 1.15. The molecule has 1 fully saturated rings. The van der Waals surface area contributed by atoms with Gasteiger partial charge in [0, 0.05) is 11.5 Å². The molecule has 20 heavy (non-hydrogen) atoms. The van der Waals surface area contributed by atoms with Crippen molar-refractivity contribution >= 4 is 10.9 Å². The van der Waals surface area contributed by atoms with Crippen LogP contribution in [0.15, 0.2) is 36.4 Å². The lowest BCUT2D eigenvalue weighted by atomic mass is 9.80. The molecule has 3 nitrogen and oxygen atoms in total. The molecule has 1 aliphatic carbocycles. The minimum Gasteiger partial charge on any atom is -0.477 e. The molecule has 0 aliphatic heterocycles. The predicted molar refractivity (Wildman–Crippen MR) is 81.7 cm³/mol. The zero-order valence-corrected chi connectivity index (χ0v) is 11.8. The molecule has 3 heteroatoms. The number of hydrogen-bond acceptors (Lipinski definition) is 3. The van der Waals surface area contributed by atoms with Gasteiger partial charge in [0.1, 0.15) is 0 Å². The largest absolute Gasteiger partial charge is 0.477 e. The molecule has 0 bridgehead atoms. The zero-order chi connectivity index (χ0) is 13.8. The van der Waals surface area contributed by atoms with Gasteiger partial charge in [-0.2, -0.15) is 0 Å². The smallest absolute Gasteiger partial charge is 0.213 e. The van der Waals surface area contributed by atoms with Crippen molar-refractivity contribution in [2.24, 2.45) is 17.6 Å². The summed E-state index contributed by atoms with van der Waals surface area (Å²) in [5.41, 5.74) is 6.86. The van der Waals surface area contributed by atoms with Gasteiger partial charge < -0.3 is 10.5 Å². The molecule has 2 atom stereocenters. The Hall–Kier alpha value is -1.61. The summed E-state index contributed by atoms with van der Waals surface area (Å²) >= 11 is 0. The summed E-state index contributed by atoms with van der Waals surface area (Å²) in [5.74, 6) is 1.93. The summed E-state index contributed by atoms with van der Waals surface area (Å²) in [7, 11) is 0. The van der Waals surface area contributed by atoms with Gasteiger partial charge in [-0.1, -0.05) is 31.0 Å². The number of rotatable bonds is 4. The highest BCUT2D eigenvalue weighted by Crippen LogP contribution is 2.29. The highest BCUT2D eigenvalue weighted by Gasteiger charge is 2.24. The maximum Gasteiger partial charge on any atom is 0.213 e. The van der Waals surface area contributed by atoms with Gasteiger partial charge in [0.15, 0.2) is 0 Å². The Labute approximate surface area is 120 Å². The first-order valence-electron chi connectivity index (χ1n) is 7.55. The number of benzene rings is 1. The van der Waals surface area contributed by atoms with E-state index in [1.807, 2.05) is 24.3 Å². The van der Waals surface area contributed by atoms with Crippen molar-refractivity contribution in [2.75, 3.05) is 13.2 Å². The van der Waals surface area contributed by atoms with Crippen LogP contribution in [0.4, 0.5) is 0 Å². The van der Waals surface area contributed by atoms with Gasteiger partial charge in [0.25, 0.3) is 0 Å². The molecule has 1 heterocycles. The van der Waals surface area contributed by atoms with Crippen LogP contribution in [0.1, 0.15) is 25.7 Å². The molecule has 2 N–H and O–H groups in total. The van der Waals surface area contributed by atoms with Crippen molar-refractivity contribution in [1.82, 2.24) is 4.98 Å². The van der Waals surface area contributed by atoms with Crippen LogP contribution in [0.25, 0.3) is 10.9 Å². The van der Waals surface area contributed by atoms with Gasteiger partial charge in [-0.3, -0.25) is 0 Å². The number of nitrogens with zero attached hydrogens (tertiary/aromatic N) is 1. The van der Waals surface area contributed by atoms with E-state index in [1.54, 1.807) is 0 Å². The first-order valence-corrected chi connectivity index (χ1v) is 7.55. The minimum absolute atomic E-state index is 0.585. The van der Waals surface area contributed by atoms with Crippen molar-refractivity contribution in [1.29, 1.82) is 0 Å². The van der Waals surface area contributed by atoms with Crippen LogP contribution in [-0.4, -0.2) is 18.1 Å². The van der Waals surface area contributed by atoms with Gasteiger partial charge in [-0.25, -0.2) is 4.98 Å². The van der Waals surface area contributed by atoms with Crippen LogP contribution < -0.4 is 10.5 Å². The van der Waals surface area contributed by atoms with E-state index >= 15 is 0 Å². The molecule has 0 amide bonds. The maximum atomic E-state index is 5.92. The summed E-state index contributed by atoms with van der Waals surface area (Å²) in [6.45, 7) is 1.52. The monoisotopic (exact) mass is 270 g/mol. The lowest BCUT2D eigenvalue weighted by Gasteiger charge is -2.30. The quantitative estimate of drug-likeness (QED) is 0.926. The molecule has 3 rings (SSSR count). The molecule has 1 saturated carbocycles. The van der Waals surface area contributed by atoms with Crippen LogP contribution in [0.2, 0.25) is 0 Å². The number of nitrogens with two attached hydrogens (primary N) is 1. The highest BCUT2D eigenvalue weighted by atomic mass is 16.5. The van der Waals surface area contributed by atoms with Crippen LogP contribution >= 0.6 is 0 Å². The first-order chi connectivity index (χ1) is 9.86. The molecule has 2 aromatic rings. The SMILES string of the molecule is NCC1CCCCC1COc1ccc2ccccc2n1. The molecule has 1 aliphatic rings. The Bertz CT molecular complexity index is 570. The van der Waals surface area contributed by atoms with Crippen LogP contribution in [0.3, 0.4) is 0 Å². The molecule has 0 saturated heterocycles. The maximum absolute atomic E-state index is 5.92. The molecular weight excluding hydrogens is 248 g/mol. The van der Waals surface area contributed by atoms with E-state index in [0.717, 1.165) is 29.9 Å². The fraction of sp³-hybridized carbons (Fsp3) is 0.471. The van der Waals surface area contributed by atoms with Gasteiger partial charge in [-0.15, -0.1) is 0 Å². The van der Waals surface area contributed by atoms with E-state index in [0.29, 0.717) is 11.8 Å². The van der Waals surface area contributed by atoms with Crippen molar-refractivity contribution in [2.45, 2.75) is 25.7 Å². The third-order valence-corrected chi connectivity index (χ3v) is 4.39. The number of fused-ring (bicyclic) bond motifs is 1. The van der Waals surface area contributed by atoms with E-state index < -0.39 is 0 Å². The average Bonchev–Trinajstić information content (AvgIpc) is 2.53. The standard InChI is InChI=1S/C17H22N2O/c18-11-14-6-1-2-7-15(14)12-20-17-10-9-13-5-3-4-8-16(13)19-17/h3-5,8-10,14-15H,1-2,6-7,11-12,18H2. The second kappa shape index (κ2) is 6.23. The van der Waals surface area contributed by atoms with Crippen molar-refractivity contribution in [3.8, 4) is 5.88 Å². The van der Waals surface area contributed by atoms with Crippen molar-refractivity contribution in [3.05, 3.63) is 36.4 Å². The number of ether oxygens (including phenoxy) is 1. The fourth-order valence-electron chi connectivity index (χ4n) is 3.13. The first kappa shape index (κ1) is 13.4. The van der Waals surface area contributed by atoms with Crippen molar-refractivity contribution in [3.63, 3.8) is 0 Å². The molecule has 0 spiro atoms. The van der Waals surface area contributed by atoms with Crippen LogP contribution in [-0.2, 0) is 0 Å². The van der Waals surface area contributed by atoms with Crippen LogP contribution in [0, 0.1) is 11.8 Å². The number of aromatic nitrogens is 1. The van der Waals surface area contributed by atoms with Gasteiger partial charge >= 0.3 is 0 Å². The zero-order valence-electron chi connectivity index (χ0n) is 11.8. The summed E-state index contributed by atoms with van der Waals surface area (Å²) in [4.78, 5) is 4.56. The highest BCUT2D eigenvalue weighted by molar-refractivity contribution is 5.78. The second-order valence-corrected chi connectivity index (χ2v) is 5.69. The second-order valence-electron chi connectivity index (χ2n) is 5.69. The summed E-state index contributed by atoms with van der Waals surface area (Å²) in [6.07, 6.45) is 5.09. The van der Waals surface area contributed by atoms with Crippen molar-refractivity contribution < 1.29 is 4.74 Å². The molecule has 2 unspecified atom stereocenters. The molecule has 1 aromatic heterocycles. The van der Waals surface area contributed by atoms with Gasteiger partial charge in [0.2, 0.25) is 5.88 Å². The Morgan fingerprint density at radius 3 is 2.70 bits per heavy atom. The minimum atomic E-state index is 0.585. The van der Waals surface area contributed by atoms with E-state index in [2.05, 4.69) is 17.1 Å². The Morgan fingerprint density at radius 1 is 1.05 bits per heavy atom. The van der Waals surface area contributed by atoms with E-state index in [-0.39, 0.29) is 0 Å². The number of hydrogen-bond donors (Lipinski definition) is 1. The molecule has 0 radical (unpaired) electrons. The molecule has 1 aromatic carbocycles. The lowest BCUT2D eigenvalue weighted by molar-refractivity contribution is 0.150. The van der Waals surface area contributed by atoms with Gasteiger partial charge in [-0.05, 0) is 43.4 Å². The Balaban J connectivity index is 1.67. The fourth-order valence-corrected chi connectivity index (χ4v) is 3.13. The summed E-state index contributed by atoms with van der Waals surface area (Å²) in [6, 6.07) is 12.1. The Morgan fingerprint density at radius 2 is 1.85 bits per heavy atom. The average molecular weight is 270 g/mol. The van der Waals surface area contributed by atoms with Crippen LogP contribution in [0.5, 0.6) is 5.88 Å². The Kier molecular flexibility index (Phi) is 4.16. The van der Waals surface area contributed by atoms with E-state index in [4.69, 9.17) is 10.5 Å². The third-order valence-electron chi connectivity index (χ3n) is 4.39. The number of para-hydroxylation sites is 1. The topological polar surface area (TPSA) is 48.1 Å². The molecule has 106 valence electrons. The predicted octanol–water partition coefficient (Wildman–Crippen LogP) is 3.38. The molecular formula is C17H22N2O. The normalized spacial score (nSPS) is 22.9. The summed E-state index contributed by atoms with van der Waals surface area (Å²) < 4.78 is 5.92. The van der Waals surface area contributed by atoms with E-state index in [1.165, 1.54) is 25.7 Å². The van der Waals surface area contributed by atoms with E-state index in [9.17, 15) is 0 Å². The van der Waals surface area contributed by atoms with Gasteiger partial charge in [0.05, 0.1) is 12.1 Å². The number of pyridine rings is 1. The lowest BCUT2D eigenvalue weighted by Crippen LogP contribution is -2.30. The third kappa shape index (κ3) is 2.93.